The number of likely N-dealkylation sites (tertiary alicyclic amines) is 1. The number of nitrogens with zero attached hydrogens (tertiary/aromatic N) is 1. The highest BCUT2D eigenvalue weighted by molar-refractivity contribution is 7.89. The van der Waals surface area contributed by atoms with Crippen molar-refractivity contribution in [3.8, 4) is 0 Å². The summed E-state index contributed by atoms with van der Waals surface area (Å²) >= 11 is 0. The molecule has 1 aromatic carbocycles. The summed E-state index contributed by atoms with van der Waals surface area (Å²) in [6.45, 7) is 3.11. The average Bonchev–Trinajstić information content (AvgIpc) is 3.26. The Kier molecular flexibility index (Phi) is 4.70. The third-order valence-electron chi connectivity index (χ3n) is 4.52. The number of carbonyl (C=O) groups is 1. The minimum atomic E-state index is -3.46. The van der Waals surface area contributed by atoms with Crippen LogP contribution in [0.5, 0.6) is 0 Å². The Labute approximate surface area is 137 Å². The first-order valence-corrected chi connectivity index (χ1v) is 9.53. The molecule has 7 heteroatoms. The molecule has 126 valence electrons. The molecule has 1 aliphatic heterocycles. The fraction of sp³-hybridized carbons (Fsp3) is 0.562. The third kappa shape index (κ3) is 4.10. The molecule has 0 bridgehead atoms. The van der Waals surface area contributed by atoms with Crippen LogP contribution in [-0.2, 0) is 10.0 Å². The van der Waals surface area contributed by atoms with E-state index in [9.17, 15) is 13.2 Å². The molecule has 1 aliphatic carbocycles. The Morgan fingerprint density at radius 1 is 1.22 bits per heavy atom. The van der Waals surface area contributed by atoms with Crippen LogP contribution in [0.2, 0.25) is 0 Å². The van der Waals surface area contributed by atoms with Crippen molar-refractivity contribution >= 4 is 15.9 Å². The SMILES string of the molecule is CNS(=O)(=O)c1ccc(C(=O)N[C@@H]2CCN(CC3CC3)C2)cc1. The van der Waals surface area contributed by atoms with Gasteiger partial charge in [-0.15, -0.1) is 0 Å². The molecule has 0 radical (unpaired) electrons. The molecule has 1 atom stereocenters. The van der Waals surface area contributed by atoms with Gasteiger partial charge < -0.3 is 10.2 Å². The zero-order chi connectivity index (χ0) is 16.4. The van der Waals surface area contributed by atoms with Crippen molar-refractivity contribution in [3.05, 3.63) is 29.8 Å². The average molecular weight is 337 g/mol. The summed E-state index contributed by atoms with van der Waals surface area (Å²) in [5.74, 6) is 0.725. The summed E-state index contributed by atoms with van der Waals surface area (Å²) in [6.07, 6.45) is 3.66. The van der Waals surface area contributed by atoms with Crippen molar-refractivity contribution < 1.29 is 13.2 Å². The summed E-state index contributed by atoms with van der Waals surface area (Å²) in [5, 5.41) is 3.05. The second-order valence-electron chi connectivity index (χ2n) is 6.39. The second kappa shape index (κ2) is 6.59. The summed E-state index contributed by atoms with van der Waals surface area (Å²) in [6, 6.07) is 6.19. The van der Waals surface area contributed by atoms with E-state index < -0.39 is 10.0 Å². The van der Waals surface area contributed by atoms with E-state index in [1.807, 2.05) is 0 Å². The zero-order valence-corrected chi connectivity index (χ0v) is 14.1. The summed E-state index contributed by atoms with van der Waals surface area (Å²) in [7, 11) is -2.10. The van der Waals surface area contributed by atoms with Crippen LogP contribution in [0.3, 0.4) is 0 Å². The van der Waals surface area contributed by atoms with E-state index in [0.717, 1.165) is 32.0 Å². The first kappa shape index (κ1) is 16.4. The number of rotatable bonds is 6. The molecular weight excluding hydrogens is 314 g/mol. The van der Waals surface area contributed by atoms with Gasteiger partial charge in [0.1, 0.15) is 0 Å². The second-order valence-corrected chi connectivity index (χ2v) is 8.28. The van der Waals surface area contributed by atoms with Crippen LogP contribution in [0.4, 0.5) is 0 Å². The Hall–Kier alpha value is -1.44. The van der Waals surface area contributed by atoms with Crippen molar-refractivity contribution in [1.82, 2.24) is 14.9 Å². The van der Waals surface area contributed by atoms with E-state index in [1.165, 1.54) is 32.0 Å². The number of benzene rings is 1. The standard InChI is InChI=1S/C16H23N3O3S/c1-17-23(21,22)15-6-4-13(5-7-15)16(20)18-14-8-9-19(11-14)10-12-2-3-12/h4-7,12,14,17H,2-3,8-11H2,1H3,(H,18,20)/t14-/m1/s1. The largest absolute Gasteiger partial charge is 0.348 e. The molecular formula is C16H23N3O3S. The maximum absolute atomic E-state index is 12.3. The van der Waals surface area contributed by atoms with Crippen LogP contribution >= 0.6 is 0 Å². The predicted octanol–water partition coefficient (Wildman–Crippen LogP) is 0.809. The van der Waals surface area contributed by atoms with Gasteiger partial charge in [-0.25, -0.2) is 13.1 Å². The van der Waals surface area contributed by atoms with Crippen LogP contribution in [0.25, 0.3) is 0 Å². The van der Waals surface area contributed by atoms with Gasteiger partial charge in [-0.1, -0.05) is 0 Å². The molecule has 0 aromatic heterocycles. The summed E-state index contributed by atoms with van der Waals surface area (Å²) < 4.78 is 25.6. The van der Waals surface area contributed by atoms with Gasteiger partial charge in [-0.05, 0) is 56.5 Å². The molecule has 1 saturated heterocycles. The Bertz CT molecular complexity index is 668. The lowest BCUT2D eigenvalue weighted by Gasteiger charge is -2.16. The van der Waals surface area contributed by atoms with E-state index >= 15 is 0 Å². The van der Waals surface area contributed by atoms with Crippen molar-refractivity contribution in [2.45, 2.75) is 30.2 Å². The van der Waals surface area contributed by atoms with E-state index in [2.05, 4.69) is 14.9 Å². The predicted molar refractivity (Wildman–Crippen MR) is 87.7 cm³/mol. The number of sulfonamides is 1. The molecule has 2 fully saturated rings. The van der Waals surface area contributed by atoms with Gasteiger partial charge in [-0.3, -0.25) is 4.79 Å². The maximum atomic E-state index is 12.3. The molecule has 3 rings (SSSR count). The highest BCUT2D eigenvalue weighted by atomic mass is 32.2. The van der Waals surface area contributed by atoms with E-state index in [1.54, 1.807) is 12.1 Å². The Balaban J connectivity index is 1.56. The minimum absolute atomic E-state index is 0.142. The molecule has 23 heavy (non-hydrogen) atoms. The van der Waals surface area contributed by atoms with Crippen LogP contribution in [0.15, 0.2) is 29.2 Å². The van der Waals surface area contributed by atoms with Crippen molar-refractivity contribution in [2.75, 3.05) is 26.7 Å². The van der Waals surface area contributed by atoms with E-state index in [4.69, 9.17) is 0 Å². The van der Waals surface area contributed by atoms with E-state index in [0.29, 0.717) is 5.56 Å². The van der Waals surface area contributed by atoms with Gasteiger partial charge >= 0.3 is 0 Å². The van der Waals surface area contributed by atoms with Crippen molar-refractivity contribution in [3.63, 3.8) is 0 Å². The number of hydrogen-bond donors (Lipinski definition) is 2. The Morgan fingerprint density at radius 2 is 1.91 bits per heavy atom. The molecule has 1 heterocycles. The van der Waals surface area contributed by atoms with E-state index in [-0.39, 0.29) is 16.8 Å². The maximum Gasteiger partial charge on any atom is 0.251 e. The molecule has 2 aliphatic rings. The summed E-state index contributed by atoms with van der Waals surface area (Å²) in [5.41, 5.74) is 0.487. The van der Waals surface area contributed by atoms with Crippen molar-refractivity contribution in [1.29, 1.82) is 0 Å². The molecule has 1 amide bonds. The molecule has 6 nitrogen and oxygen atoms in total. The first-order valence-electron chi connectivity index (χ1n) is 8.05. The molecule has 1 aromatic rings. The summed E-state index contributed by atoms with van der Waals surface area (Å²) in [4.78, 5) is 14.9. The fourth-order valence-corrected chi connectivity index (χ4v) is 3.68. The minimum Gasteiger partial charge on any atom is -0.348 e. The third-order valence-corrected chi connectivity index (χ3v) is 5.95. The smallest absolute Gasteiger partial charge is 0.251 e. The highest BCUT2D eigenvalue weighted by Gasteiger charge is 2.29. The monoisotopic (exact) mass is 337 g/mol. The van der Waals surface area contributed by atoms with Crippen molar-refractivity contribution in [2.24, 2.45) is 5.92 Å². The molecule has 0 spiro atoms. The van der Waals surface area contributed by atoms with Gasteiger partial charge in [0, 0.05) is 31.2 Å². The first-order chi connectivity index (χ1) is 11.0. The van der Waals surface area contributed by atoms with Crippen LogP contribution in [-0.4, -0.2) is 51.9 Å². The number of carbonyl (C=O) groups excluding carboxylic acids is 1. The van der Waals surface area contributed by atoms with Gasteiger partial charge in [0.2, 0.25) is 10.0 Å². The highest BCUT2D eigenvalue weighted by Crippen LogP contribution is 2.30. The lowest BCUT2D eigenvalue weighted by molar-refractivity contribution is 0.0937. The van der Waals surface area contributed by atoms with Gasteiger partial charge in [-0.2, -0.15) is 0 Å². The Morgan fingerprint density at radius 3 is 2.52 bits per heavy atom. The molecule has 2 N–H and O–H groups in total. The van der Waals surface area contributed by atoms with Gasteiger partial charge in [0.05, 0.1) is 4.90 Å². The number of nitrogens with one attached hydrogen (secondary N) is 2. The lowest BCUT2D eigenvalue weighted by atomic mass is 10.2. The molecule has 0 unspecified atom stereocenters. The normalized spacial score (nSPS) is 22.2. The number of amides is 1. The number of hydrogen-bond acceptors (Lipinski definition) is 4. The van der Waals surface area contributed by atoms with Gasteiger partial charge in [0.15, 0.2) is 0 Å². The molecule has 1 saturated carbocycles. The van der Waals surface area contributed by atoms with Crippen LogP contribution in [0, 0.1) is 5.92 Å². The van der Waals surface area contributed by atoms with Crippen LogP contribution < -0.4 is 10.0 Å². The topological polar surface area (TPSA) is 78.5 Å². The van der Waals surface area contributed by atoms with Crippen LogP contribution in [0.1, 0.15) is 29.6 Å². The quantitative estimate of drug-likeness (QED) is 0.805. The lowest BCUT2D eigenvalue weighted by Crippen LogP contribution is -2.37. The van der Waals surface area contributed by atoms with Gasteiger partial charge in [0.25, 0.3) is 5.91 Å². The zero-order valence-electron chi connectivity index (χ0n) is 13.3. The fourth-order valence-electron chi connectivity index (χ4n) is 2.95.